The second-order valence-corrected chi connectivity index (χ2v) is 12.1. The Kier molecular flexibility index (Phi) is 7.02. The zero-order valence-electron chi connectivity index (χ0n) is 19.2. The molecule has 7 nitrogen and oxygen atoms in total. The van der Waals surface area contributed by atoms with Crippen molar-refractivity contribution >= 4 is 21.8 Å². The van der Waals surface area contributed by atoms with E-state index in [0.29, 0.717) is 31.5 Å². The van der Waals surface area contributed by atoms with E-state index in [9.17, 15) is 22.6 Å². The molecular formula is C23H33LiN2O5S. The van der Waals surface area contributed by atoms with E-state index in [1.54, 1.807) is 0 Å². The smallest absolute Gasteiger partial charge is 0.748 e. The van der Waals surface area contributed by atoms with Crippen molar-refractivity contribution in [3.8, 4) is 0 Å². The number of ketones is 1. The molecule has 0 aromatic carbocycles. The van der Waals surface area contributed by atoms with Crippen molar-refractivity contribution in [2.24, 2.45) is 23.7 Å². The van der Waals surface area contributed by atoms with Gasteiger partial charge >= 0.3 is 18.9 Å². The van der Waals surface area contributed by atoms with Gasteiger partial charge in [0.2, 0.25) is 5.91 Å². The van der Waals surface area contributed by atoms with Crippen LogP contribution < -0.4 is 24.2 Å². The first-order chi connectivity index (χ1) is 14.8. The number of Topliss-reactive ketones (excluding diaryl/α,β-unsaturated/α-hetero) is 1. The monoisotopic (exact) mass is 456 g/mol. The number of nitrogens with zero attached hydrogens (tertiary/aromatic N) is 1. The van der Waals surface area contributed by atoms with Gasteiger partial charge in [-0.15, -0.1) is 0 Å². The molecule has 0 spiro atoms. The molecule has 4 aliphatic carbocycles. The quantitative estimate of drug-likeness (QED) is 0.431. The Hall–Kier alpha value is -0.653. The number of hydrogen-bond donors (Lipinski definition) is 1. The standard InChI is InChI=1S/C23H34N2O5S.Li/c1-25-19-11-10-18(24-13-6-8-14(9-7-13)31(28,29)30)22-21(19)17(12-20(25)26)15-4-2-3-5-16(15)23(22)27;/h12-16,18-19,21-22,24H,2-11H2,1H3,(H,28,29,30);/q;+1/p-1. The van der Waals surface area contributed by atoms with Gasteiger partial charge in [-0.05, 0) is 57.3 Å². The van der Waals surface area contributed by atoms with Crippen LogP contribution in [0.4, 0.5) is 0 Å². The molecule has 0 aromatic rings. The van der Waals surface area contributed by atoms with Crippen molar-refractivity contribution < 1.29 is 41.4 Å². The molecule has 32 heavy (non-hydrogen) atoms. The SMILES string of the molecule is CN1C(=O)C=C2C3CCCCC3C(=O)C3C(NC4CCC(S(=O)(=O)[O-])CC4)CCC1C23.[Li+]. The maximum Gasteiger partial charge on any atom is 1.00 e. The summed E-state index contributed by atoms with van der Waals surface area (Å²) in [6.45, 7) is 0. The fourth-order valence-electron chi connectivity index (χ4n) is 7.42. The molecule has 5 aliphatic rings. The van der Waals surface area contributed by atoms with Gasteiger partial charge in [0.05, 0.1) is 10.1 Å². The minimum atomic E-state index is -4.22. The van der Waals surface area contributed by atoms with Crippen LogP contribution in [-0.2, 0) is 19.7 Å². The fourth-order valence-corrected chi connectivity index (χ4v) is 8.27. The summed E-state index contributed by atoms with van der Waals surface area (Å²) < 4.78 is 34.1. The predicted molar refractivity (Wildman–Crippen MR) is 114 cm³/mol. The summed E-state index contributed by atoms with van der Waals surface area (Å²) in [5.41, 5.74) is 1.23. The third-order valence-electron chi connectivity index (χ3n) is 8.95. The summed E-state index contributed by atoms with van der Waals surface area (Å²) >= 11 is 0. The van der Waals surface area contributed by atoms with Crippen LogP contribution in [0.3, 0.4) is 0 Å². The van der Waals surface area contributed by atoms with Gasteiger partial charge in [0.15, 0.2) is 0 Å². The number of carbonyl (C=O) groups is 2. The normalized spacial score (nSPS) is 41.8. The Morgan fingerprint density at radius 2 is 1.59 bits per heavy atom. The van der Waals surface area contributed by atoms with Crippen molar-refractivity contribution in [2.75, 3.05) is 7.05 Å². The molecule has 1 aliphatic heterocycles. The molecule has 0 bridgehead atoms. The summed E-state index contributed by atoms with van der Waals surface area (Å²) in [5, 5.41) is 2.95. The van der Waals surface area contributed by atoms with Gasteiger partial charge in [-0.25, -0.2) is 8.42 Å². The molecule has 1 heterocycles. The topological polar surface area (TPSA) is 107 Å². The molecule has 172 valence electrons. The molecule has 0 saturated heterocycles. The fraction of sp³-hybridized carbons (Fsp3) is 0.826. The zero-order chi connectivity index (χ0) is 21.9. The Morgan fingerprint density at radius 3 is 2.25 bits per heavy atom. The molecule has 4 fully saturated rings. The largest absolute Gasteiger partial charge is 1.00 e. The molecule has 0 aromatic heterocycles. The van der Waals surface area contributed by atoms with Crippen LogP contribution in [0.2, 0.25) is 0 Å². The van der Waals surface area contributed by atoms with Crippen molar-refractivity contribution in [1.29, 1.82) is 0 Å². The molecule has 6 atom stereocenters. The van der Waals surface area contributed by atoms with Crippen LogP contribution in [0.5, 0.6) is 0 Å². The summed E-state index contributed by atoms with van der Waals surface area (Å²) in [5.74, 6) is 0.741. The second-order valence-electron chi connectivity index (χ2n) is 10.4. The minimum absolute atomic E-state index is 0. The van der Waals surface area contributed by atoms with Crippen molar-refractivity contribution in [1.82, 2.24) is 10.2 Å². The van der Waals surface area contributed by atoms with E-state index < -0.39 is 15.4 Å². The van der Waals surface area contributed by atoms with Crippen molar-refractivity contribution in [2.45, 2.75) is 87.6 Å². The van der Waals surface area contributed by atoms with Gasteiger partial charge < -0.3 is 14.8 Å². The van der Waals surface area contributed by atoms with Crippen LogP contribution in [-0.4, -0.2) is 60.0 Å². The Labute approximate surface area is 203 Å². The van der Waals surface area contributed by atoms with Gasteiger partial charge in [0.25, 0.3) is 0 Å². The van der Waals surface area contributed by atoms with E-state index >= 15 is 0 Å². The van der Waals surface area contributed by atoms with E-state index in [1.165, 1.54) is 5.57 Å². The average Bonchev–Trinajstić information content (AvgIpc) is 2.75. The average molecular weight is 457 g/mol. The molecule has 5 rings (SSSR count). The number of likely N-dealkylation sites (N-methyl/N-ethyl adjacent to an activating group) is 1. The minimum Gasteiger partial charge on any atom is -0.748 e. The van der Waals surface area contributed by atoms with Crippen LogP contribution in [0, 0.1) is 23.7 Å². The summed E-state index contributed by atoms with van der Waals surface area (Å²) in [7, 11) is -2.35. The van der Waals surface area contributed by atoms with E-state index in [-0.39, 0.29) is 66.6 Å². The summed E-state index contributed by atoms with van der Waals surface area (Å²) in [6.07, 6.45) is 9.84. The molecule has 6 unspecified atom stereocenters. The number of nitrogens with one attached hydrogen (secondary N) is 1. The van der Waals surface area contributed by atoms with Crippen molar-refractivity contribution in [3.63, 3.8) is 0 Å². The second kappa shape index (κ2) is 9.18. The first-order valence-corrected chi connectivity index (χ1v) is 13.5. The first kappa shape index (κ1) is 24.5. The van der Waals surface area contributed by atoms with Crippen LogP contribution in [0.1, 0.15) is 64.2 Å². The molecule has 4 saturated carbocycles. The third-order valence-corrected chi connectivity index (χ3v) is 10.2. The molecule has 9 heteroatoms. The Balaban J connectivity index is 0.00000245. The van der Waals surface area contributed by atoms with E-state index in [4.69, 9.17) is 0 Å². The number of amides is 1. The molecule has 1 amide bonds. The van der Waals surface area contributed by atoms with Gasteiger partial charge in [-0.1, -0.05) is 18.4 Å². The maximum atomic E-state index is 13.8. The number of rotatable bonds is 3. The predicted octanol–water partition coefficient (Wildman–Crippen LogP) is -1.01. The zero-order valence-corrected chi connectivity index (χ0v) is 20.0. The summed E-state index contributed by atoms with van der Waals surface area (Å²) in [4.78, 5) is 28.3. The summed E-state index contributed by atoms with van der Waals surface area (Å²) in [6, 6.07) is 0.308. The molecular weight excluding hydrogens is 423 g/mol. The molecule has 0 radical (unpaired) electrons. The van der Waals surface area contributed by atoms with Crippen LogP contribution in [0.15, 0.2) is 11.6 Å². The number of hydrogen-bond acceptors (Lipinski definition) is 6. The van der Waals surface area contributed by atoms with Crippen LogP contribution >= 0.6 is 0 Å². The van der Waals surface area contributed by atoms with E-state index in [1.807, 2.05) is 18.0 Å². The Morgan fingerprint density at radius 1 is 0.938 bits per heavy atom. The van der Waals surface area contributed by atoms with E-state index in [0.717, 1.165) is 38.5 Å². The van der Waals surface area contributed by atoms with E-state index in [2.05, 4.69) is 5.32 Å². The van der Waals surface area contributed by atoms with Gasteiger partial charge in [-0.2, -0.15) is 0 Å². The van der Waals surface area contributed by atoms with Gasteiger partial charge in [0, 0.05) is 54.3 Å². The number of carbonyl (C=O) groups excluding carboxylic acids is 2. The van der Waals surface area contributed by atoms with Gasteiger partial charge in [-0.3, -0.25) is 9.59 Å². The maximum absolute atomic E-state index is 13.8. The Bertz CT molecular complexity index is 898. The van der Waals surface area contributed by atoms with Crippen molar-refractivity contribution in [3.05, 3.63) is 11.6 Å². The first-order valence-electron chi connectivity index (χ1n) is 12.0. The molecule has 1 N–H and O–H groups in total. The number of fused-ring (bicyclic) bond motifs is 2. The van der Waals surface area contributed by atoms with Gasteiger partial charge in [0.1, 0.15) is 5.78 Å². The van der Waals surface area contributed by atoms with Crippen LogP contribution in [0.25, 0.3) is 0 Å². The third kappa shape index (κ3) is 4.15.